The van der Waals surface area contributed by atoms with E-state index in [0.29, 0.717) is 35.5 Å². The molecule has 2 amide bonds. The number of hydrogen-bond donors (Lipinski definition) is 2. The van der Waals surface area contributed by atoms with Crippen molar-refractivity contribution in [2.45, 2.75) is 144 Å². The maximum atomic E-state index is 14.4. The molecule has 0 aliphatic heterocycles. The summed E-state index contributed by atoms with van der Waals surface area (Å²) in [6, 6.07) is 0. The maximum Gasteiger partial charge on any atom is 0.322 e. The third-order valence-corrected chi connectivity index (χ3v) is 12.3. The van der Waals surface area contributed by atoms with Crippen LogP contribution in [-0.4, -0.2) is 123 Å². The topological polar surface area (TPSA) is 182 Å². The lowest BCUT2D eigenvalue weighted by atomic mass is 9.83. The second-order valence-electron chi connectivity index (χ2n) is 19.6. The second-order valence-corrected chi connectivity index (χ2v) is 23.1. The van der Waals surface area contributed by atoms with Gasteiger partial charge in [-0.25, -0.2) is 8.78 Å². The number of halogens is 4. The lowest BCUT2D eigenvalue weighted by Gasteiger charge is -2.31. The predicted octanol–water partition coefficient (Wildman–Crippen LogP) is 7.88. The summed E-state index contributed by atoms with van der Waals surface area (Å²) >= 11 is 6.86. The first-order chi connectivity index (χ1) is 29.4. The van der Waals surface area contributed by atoms with Crippen molar-refractivity contribution in [3.8, 4) is 0 Å². The summed E-state index contributed by atoms with van der Waals surface area (Å²) in [5.74, 6) is -2.13. The van der Waals surface area contributed by atoms with Crippen LogP contribution in [0.3, 0.4) is 0 Å². The first kappa shape index (κ1) is 61.6. The molecule has 2 N–H and O–H groups in total. The normalized spacial score (nSPS) is 15.2. The molecule has 0 fully saturated rings. The average molecular weight is 1050 g/mol. The summed E-state index contributed by atoms with van der Waals surface area (Å²) < 4.78 is 59.0. The van der Waals surface area contributed by atoms with Crippen molar-refractivity contribution in [1.29, 1.82) is 0 Å². The number of rotatable bonds is 33. The molecular weight excluding hydrogens is 970 g/mol. The molecule has 0 radical (unpaired) electrons. The Hall–Kier alpha value is -2.44. The highest BCUT2D eigenvalue weighted by atomic mass is 79.9. The van der Waals surface area contributed by atoms with Crippen LogP contribution in [0, 0.1) is 46.3 Å². The van der Waals surface area contributed by atoms with Gasteiger partial charge in [-0.05, 0) is 103 Å². The Kier molecular flexibility index (Phi) is 28.2. The van der Waals surface area contributed by atoms with Crippen LogP contribution in [-0.2, 0) is 57.2 Å². The lowest BCUT2D eigenvalue weighted by Crippen LogP contribution is -2.46. The van der Waals surface area contributed by atoms with Crippen molar-refractivity contribution in [3.05, 3.63) is 0 Å². The number of nitrogens with one attached hydrogen (secondary N) is 2. The van der Waals surface area contributed by atoms with Crippen LogP contribution in [0.1, 0.15) is 123 Å². The summed E-state index contributed by atoms with van der Waals surface area (Å²) in [6.07, 6.45) is -3.89. The molecule has 0 aromatic carbocycles. The molecule has 4 atom stereocenters. The van der Waals surface area contributed by atoms with Gasteiger partial charge in [-0.1, -0.05) is 87.2 Å². The van der Waals surface area contributed by atoms with Gasteiger partial charge < -0.3 is 39.1 Å². The van der Waals surface area contributed by atoms with Crippen LogP contribution < -0.4 is 10.6 Å². The molecule has 374 valence electrons. The van der Waals surface area contributed by atoms with Crippen LogP contribution in [0.15, 0.2) is 0 Å². The number of carbonyl (C=O) groups excluding carboxylic acids is 6. The van der Waals surface area contributed by atoms with E-state index in [2.05, 4.69) is 97.9 Å². The minimum Gasteiger partial charge on any atom is -0.465 e. The quantitative estimate of drug-likeness (QED) is 0.0281. The van der Waals surface area contributed by atoms with Gasteiger partial charge >= 0.3 is 23.9 Å². The SMILES string of the molecule is CC(C)C(CCOC(=O)C(C)(Br)CC(C)(C)C(=O)OCCOCCNC(=O)C(F)C(F)C(=O)NCCOCCOC(=O)C(C)(C)CC(C)(Br)C(=O)OCCC(C(C)C)C(C)C)C(C)C. The van der Waals surface area contributed by atoms with Crippen molar-refractivity contribution in [2.24, 2.45) is 46.3 Å². The number of esters is 4. The van der Waals surface area contributed by atoms with Crippen LogP contribution in [0.25, 0.3) is 0 Å². The van der Waals surface area contributed by atoms with Crippen LogP contribution in [0.5, 0.6) is 0 Å². The summed E-state index contributed by atoms with van der Waals surface area (Å²) in [4.78, 5) is 75.6. The standard InChI is InChI=1S/C46H80Br2F2N2O12/c1-29(2)33(30(3)4)15-19-61-41(57)45(13,47)27-43(9,10)39(55)63-25-23-59-21-17-51-37(53)35(49)36(50)38(54)52-18-22-60-24-26-64-40(56)44(11,12)28-46(14,48)42(58)62-20-16-34(31(5)6)32(7)8/h29-36H,15-28H2,1-14H3,(H,51,53)(H,52,54). The molecule has 4 unspecified atom stereocenters. The summed E-state index contributed by atoms with van der Waals surface area (Å²) in [5.41, 5.74) is -2.11. The first-order valence-corrected chi connectivity index (χ1v) is 24.1. The predicted molar refractivity (Wildman–Crippen MR) is 248 cm³/mol. The van der Waals surface area contributed by atoms with E-state index in [1.807, 2.05) is 0 Å². The average Bonchev–Trinajstić information content (AvgIpc) is 3.17. The first-order valence-electron chi connectivity index (χ1n) is 22.5. The van der Waals surface area contributed by atoms with Gasteiger partial charge in [0.25, 0.3) is 11.8 Å². The molecule has 0 spiro atoms. The third kappa shape index (κ3) is 23.3. The van der Waals surface area contributed by atoms with E-state index in [1.54, 1.807) is 41.5 Å². The highest BCUT2D eigenvalue weighted by molar-refractivity contribution is 9.10. The summed E-state index contributed by atoms with van der Waals surface area (Å²) in [5, 5.41) is 4.30. The van der Waals surface area contributed by atoms with Gasteiger partial charge in [0.2, 0.25) is 12.3 Å². The van der Waals surface area contributed by atoms with E-state index in [-0.39, 0.29) is 78.8 Å². The van der Waals surface area contributed by atoms with Gasteiger partial charge in [0, 0.05) is 13.1 Å². The van der Waals surface area contributed by atoms with E-state index >= 15 is 0 Å². The zero-order chi connectivity index (χ0) is 49.6. The van der Waals surface area contributed by atoms with E-state index in [1.165, 1.54) is 0 Å². The smallest absolute Gasteiger partial charge is 0.322 e. The highest BCUT2D eigenvalue weighted by Crippen LogP contribution is 2.37. The van der Waals surface area contributed by atoms with Gasteiger partial charge in [-0.15, -0.1) is 0 Å². The fourth-order valence-electron chi connectivity index (χ4n) is 7.63. The fraction of sp³-hybridized carbons (Fsp3) is 0.870. The summed E-state index contributed by atoms with van der Waals surface area (Å²) in [7, 11) is 0. The van der Waals surface area contributed by atoms with Crippen molar-refractivity contribution >= 4 is 67.6 Å². The Morgan fingerprint density at radius 3 is 1.02 bits per heavy atom. The number of alkyl halides is 4. The molecule has 64 heavy (non-hydrogen) atoms. The Morgan fingerprint density at radius 1 is 0.453 bits per heavy atom. The minimum atomic E-state index is -2.79. The molecule has 18 heteroatoms. The zero-order valence-corrected chi connectivity index (χ0v) is 44.1. The van der Waals surface area contributed by atoms with Crippen molar-refractivity contribution < 1.29 is 66.0 Å². The van der Waals surface area contributed by atoms with Gasteiger partial charge in [0.15, 0.2) is 0 Å². The number of hydrogen-bond acceptors (Lipinski definition) is 12. The van der Waals surface area contributed by atoms with E-state index in [4.69, 9.17) is 28.4 Å². The molecule has 0 aromatic rings. The van der Waals surface area contributed by atoms with Crippen LogP contribution in [0.4, 0.5) is 8.78 Å². The molecule has 0 rings (SSSR count). The van der Waals surface area contributed by atoms with Crippen LogP contribution in [0.2, 0.25) is 0 Å². The van der Waals surface area contributed by atoms with E-state index < -0.39 is 67.5 Å². The largest absolute Gasteiger partial charge is 0.465 e. The third-order valence-electron chi connectivity index (χ3n) is 11.1. The summed E-state index contributed by atoms with van der Waals surface area (Å²) in [6.45, 7) is 26.6. The number of carbonyl (C=O) groups is 6. The van der Waals surface area contributed by atoms with Gasteiger partial charge in [0.05, 0.1) is 50.5 Å². The molecule has 0 aliphatic rings. The minimum absolute atomic E-state index is 0.0551. The molecule has 0 aliphatic carbocycles. The number of amides is 2. The highest BCUT2D eigenvalue weighted by Gasteiger charge is 2.44. The second kappa shape index (κ2) is 29.3. The molecule has 0 aromatic heterocycles. The number of ether oxygens (including phenoxy) is 6. The molecule has 0 saturated carbocycles. The molecule has 0 saturated heterocycles. The Morgan fingerprint density at radius 2 is 0.734 bits per heavy atom. The molecule has 0 bridgehead atoms. The van der Waals surface area contributed by atoms with Crippen molar-refractivity contribution in [3.63, 3.8) is 0 Å². The van der Waals surface area contributed by atoms with Gasteiger partial charge in [-0.2, -0.15) is 0 Å². The van der Waals surface area contributed by atoms with Gasteiger partial charge in [0.1, 0.15) is 21.9 Å². The fourth-order valence-corrected chi connectivity index (χ4v) is 9.26. The lowest BCUT2D eigenvalue weighted by molar-refractivity contribution is -0.159. The molecular formula is C46H80Br2F2N2O12. The Labute approximate surface area is 398 Å². The zero-order valence-electron chi connectivity index (χ0n) is 40.9. The monoisotopic (exact) mass is 1050 g/mol. The maximum absolute atomic E-state index is 14.4. The van der Waals surface area contributed by atoms with E-state index in [0.717, 1.165) is 12.8 Å². The van der Waals surface area contributed by atoms with Gasteiger partial charge in [-0.3, -0.25) is 28.8 Å². The van der Waals surface area contributed by atoms with Crippen molar-refractivity contribution in [2.75, 3.05) is 65.9 Å². The Bertz CT molecular complexity index is 1340. The molecule has 0 heterocycles. The van der Waals surface area contributed by atoms with Crippen LogP contribution >= 0.6 is 31.9 Å². The molecule has 14 nitrogen and oxygen atoms in total. The van der Waals surface area contributed by atoms with E-state index in [9.17, 15) is 37.5 Å². The Balaban J connectivity index is 4.42. The van der Waals surface area contributed by atoms with Crippen molar-refractivity contribution in [1.82, 2.24) is 10.6 Å².